The van der Waals surface area contributed by atoms with Crippen LogP contribution in [0.15, 0.2) is 24.4 Å². The fraction of sp³-hybridized carbons (Fsp3) is 0.167. The zero-order valence-electron chi connectivity index (χ0n) is 10.0. The molecule has 1 aromatic carbocycles. The number of rotatable bonds is 2. The quantitative estimate of drug-likeness (QED) is 0.767. The van der Waals surface area contributed by atoms with Gasteiger partial charge in [-0.25, -0.2) is 4.98 Å². The van der Waals surface area contributed by atoms with Crippen molar-refractivity contribution in [1.29, 1.82) is 0 Å². The van der Waals surface area contributed by atoms with E-state index in [1.165, 1.54) is 0 Å². The molecule has 0 saturated carbocycles. The summed E-state index contributed by atoms with van der Waals surface area (Å²) in [4.78, 5) is 4.56. The van der Waals surface area contributed by atoms with E-state index >= 15 is 0 Å². The molecule has 0 unspecified atom stereocenters. The van der Waals surface area contributed by atoms with Crippen molar-refractivity contribution in [1.82, 2.24) is 14.8 Å². The highest BCUT2D eigenvalue weighted by Gasteiger charge is 2.12. The number of methoxy groups -OCH3 is 1. The Morgan fingerprint density at radius 1 is 1.39 bits per heavy atom. The molecule has 18 heavy (non-hydrogen) atoms. The van der Waals surface area contributed by atoms with Gasteiger partial charge in [-0.2, -0.15) is 5.10 Å². The zero-order chi connectivity index (χ0) is 12.7. The van der Waals surface area contributed by atoms with Crippen molar-refractivity contribution in [3.63, 3.8) is 0 Å². The number of nitrogens with two attached hydrogens (primary N) is 1. The maximum Gasteiger partial charge on any atom is 0.131 e. The lowest BCUT2D eigenvalue weighted by atomic mass is 10.3. The number of thiazole rings is 1. The van der Waals surface area contributed by atoms with Gasteiger partial charge in [0, 0.05) is 7.05 Å². The lowest BCUT2D eigenvalue weighted by Gasteiger charge is -1.96. The minimum atomic E-state index is 0.626. The number of hydrogen-bond acceptors (Lipinski definition) is 5. The van der Waals surface area contributed by atoms with Gasteiger partial charge in [0.05, 0.1) is 29.1 Å². The number of fused-ring (bicyclic) bond motifs is 1. The molecule has 0 atom stereocenters. The van der Waals surface area contributed by atoms with Gasteiger partial charge in [-0.3, -0.25) is 4.68 Å². The van der Waals surface area contributed by atoms with Crippen LogP contribution in [-0.2, 0) is 7.05 Å². The third kappa shape index (κ3) is 1.62. The predicted molar refractivity (Wildman–Crippen MR) is 72.8 cm³/mol. The van der Waals surface area contributed by atoms with Gasteiger partial charge in [0.15, 0.2) is 0 Å². The van der Waals surface area contributed by atoms with Crippen LogP contribution in [0.25, 0.3) is 20.8 Å². The molecule has 92 valence electrons. The lowest BCUT2D eigenvalue weighted by Crippen LogP contribution is -1.97. The average Bonchev–Trinajstić information content (AvgIpc) is 2.93. The Bertz CT molecular complexity index is 716. The maximum atomic E-state index is 5.95. The Hall–Kier alpha value is -2.08. The number of benzene rings is 1. The van der Waals surface area contributed by atoms with Gasteiger partial charge in [0.2, 0.25) is 0 Å². The number of anilines is 1. The zero-order valence-corrected chi connectivity index (χ0v) is 10.9. The molecule has 0 aliphatic rings. The number of hydrogen-bond donors (Lipinski definition) is 1. The molecule has 0 amide bonds. The Balaban J connectivity index is 2.16. The van der Waals surface area contributed by atoms with Gasteiger partial charge in [-0.05, 0) is 18.2 Å². The molecule has 6 heteroatoms. The molecule has 0 bridgehead atoms. The standard InChI is InChI=1S/C12H12N4OS/c1-16-11(13)8(6-14-16)12-15-9-4-3-7(17-2)5-10(9)18-12/h3-6H,13H2,1-2H3. The smallest absolute Gasteiger partial charge is 0.131 e. The highest BCUT2D eigenvalue weighted by Crippen LogP contribution is 2.34. The molecule has 0 fully saturated rings. The molecule has 2 N–H and O–H groups in total. The van der Waals surface area contributed by atoms with Crippen LogP contribution in [0, 0.1) is 0 Å². The number of aromatic nitrogens is 3. The molecule has 5 nitrogen and oxygen atoms in total. The summed E-state index contributed by atoms with van der Waals surface area (Å²) in [5.74, 6) is 1.46. The predicted octanol–water partition coefficient (Wildman–Crippen LogP) is 2.29. The first-order chi connectivity index (χ1) is 8.69. The Morgan fingerprint density at radius 2 is 2.22 bits per heavy atom. The van der Waals surface area contributed by atoms with Gasteiger partial charge in [-0.15, -0.1) is 11.3 Å². The van der Waals surface area contributed by atoms with E-state index in [2.05, 4.69) is 10.1 Å². The first kappa shape index (κ1) is 11.0. The molecule has 2 heterocycles. The largest absolute Gasteiger partial charge is 0.497 e. The van der Waals surface area contributed by atoms with Crippen LogP contribution in [0.4, 0.5) is 5.82 Å². The lowest BCUT2D eigenvalue weighted by molar-refractivity contribution is 0.415. The van der Waals surface area contributed by atoms with Gasteiger partial charge in [0.1, 0.15) is 16.6 Å². The fourth-order valence-electron chi connectivity index (χ4n) is 1.76. The van der Waals surface area contributed by atoms with Gasteiger partial charge >= 0.3 is 0 Å². The molecule has 3 aromatic rings. The van der Waals surface area contributed by atoms with Crippen molar-refractivity contribution in [3.05, 3.63) is 24.4 Å². The van der Waals surface area contributed by atoms with Crippen LogP contribution in [0.3, 0.4) is 0 Å². The minimum Gasteiger partial charge on any atom is -0.497 e. The van der Waals surface area contributed by atoms with E-state index in [9.17, 15) is 0 Å². The third-order valence-corrected chi connectivity index (χ3v) is 3.86. The van der Waals surface area contributed by atoms with E-state index < -0.39 is 0 Å². The summed E-state index contributed by atoms with van der Waals surface area (Å²) in [5, 5.41) is 5.01. The van der Waals surface area contributed by atoms with Crippen molar-refractivity contribution in [2.75, 3.05) is 12.8 Å². The third-order valence-electron chi connectivity index (χ3n) is 2.81. The van der Waals surface area contributed by atoms with Crippen molar-refractivity contribution in [2.45, 2.75) is 0 Å². The first-order valence-electron chi connectivity index (χ1n) is 5.41. The minimum absolute atomic E-state index is 0.626. The summed E-state index contributed by atoms with van der Waals surface area (Å²) in [6.45, 7) is 0. The van der Waals surface area contributed by atoms with Crippen LogP contribution in [0.2, 0.25) is 0 Å². The van der Waals surface area contributed by atoms with E-state index in [4.69, 9.17) is 10.5 Å². The second-order valence-electron chi connectivity index (χ2n) is 3.92. The number of nitrogens with zero attached hydrogens (tertiary/aromatic N) is 3. The topological polar surface area (TPSA) is 66.0 Å². The molecule has 0 aliphatic carbocycles. The first-order valence-corrected chi connectivity index (χ1v) is 6.23. The summed E-state index contributed by atoms with van der Waals surface area (Å²) in [6, 6.07) is 5.82. The maximum absolute atomic E-state index is 5.95. The molecular formula is C12H12N4OS. The molecule has 0 saturated heterocycles. The number of ether oxygens (including phenoxy) is 1. The SMILES string of the molecule is COc1ccc2nc(-c3cnn(C)c3N)sc2c1. The van der Waals surface area contributed by atoms with E-state index in [0.29, 0.717) is 5.82 Å². The molecule has 2 aromatic heterocycles. The van der Waals surface area contributed by atoms with Crippen LogP contribution >= 0.6 is 11.3 Å². The molecular weight excluding hydrogens is 248 g/mol. The molecule has 3 rings (SSSR count). The number of nitrogen functional groups attached to an aromatic ring is 1. The highest BCUT2D eigenvalue weighted by molar-refractivity contribution is 7.21. The van der Waals surface area contributed by atoms with Crippen molar-refractivity contribution >= 4 is 27.4 Å². The molecule has 0 spiro atoms. The average molecular weight is 260 g/mol. The van der Waals surface area contributed by atoms with E-state index in [-0.39, 0.29) is 0 Å². The molecule has 0 aliphatic heterocycles. The van der Waals surface area contributed by atoms with Crippen LogP contribution in [0.5, 0.6) is 5.75 Å². The summed E-state index contributed by atoms with van der Waals surface area (Å²) >= 11 is 1.58. The van der Waals surface area contributed by atoms with E-state index in [1.807, 2.05) is 25.2 Å². The molecule has 0 radical (unpaired) electrons. The van der Waals surface area contributed by atoms with Gasteiger partial charge in [0.25, 0.3) is 0 Å². The van der Waals surface area contributed by atoms with Crippen molar-refractivity contribution in [3.8, 4) is 16.3 Å². The normalized spacial score (nSPS) is 11.0. The van der Waals surface area contributed by atoms with Crippen molar-refractivity contribution in [2.24, 2.45) is 7.05 Å². The Kier molecular flexibility index (Phi) is 2.45. The van der Waals surface area contributed by atoms with Crippen LogP contribution in [-0.4, -0.2) is 21.9 Å². The highest BCUT2D eigenvalue weighted by atomic mass is 32.1. The van der Waals surface area contributed by atoms with Crippen molar-refractivity contribution < 1.29 is 4.74 Å². The summed E-state index contributed by atoms with van der Waals surface area (Å²) in [5.41, 5.74) is 7.77. The second kappa shape index (κ2) is 3.99. The Morgan fingerprint density at radius 3 is 2.89 bits per heavy atom. The summed E-state index contributed by atoms with van der Waals surface area (Å²) in [7, 11) is 3.47. The summed E-state index contributed by atoms with van der Waals surface area (Å²) < 4.78 is 7.92. The summed E-state index contributed by atoms with van der Waals surface area (Å²) in [6.07, 6.45) is 1.74. The monoisotopic (exact) mass is 260 g/mol. The second-order valence-corrected chi connectivity index (χ2v) is 4.95. The van der Waals surface area contributed by atoms with Gasteiger partial charge in [-0.1, -0.05) is 0 Å². The van der Waals surface area contributed by atoms with Gasteiger partial charge < -0.3 is 10.5 Å². The van der Waals surface area contributed by atoms with Crippen LogP contribution in [0.1, 0.15) is 0 Å². The Labute approximate surface area is 108 Å². The van der Waals surface area contributed by atoms with E-state index in [1.54, 1.807) is 29.3 Å². The fourth-order valence-corrected chi connectivity index (χ4v) is 2.77. The van der Waals surface area contributed by atoms with Crippen LogP contribution < -0.4 is 10.5 Å². The van der Waals surface area contributed by atoms with E-state index in [0.717, 1.165) is 26.5 Å². The number of aryl methyl sites for hydroxylation is 1.